The van der Waals surface area contributed by atoms with Crippen molar-refractivity contribution in [3.05, 3.63) is 41.6 Å². The molecule has 142 valence electrons. The smallest absolute Gasteiger partial charge is 0.262 e. The van der Waals surface area contributed by atoms with E-state index < -0.39 is 10.0 Å². The number of amides is 1. The quantitative estimate of drug-likeness (QED) is 0.829. The Kier molecular flexibility index (Phi) is 4.67. The van der Waals surface area contributed by atoms with Gasteiger partial charge in [0.2, 0.25) is 10.0 Å². The van der Waals surface area contributed by atoms with Crippen molar-refractivity contribution < 1.29 is 17.9 Å². The summed E-state index contributed by atoms with van der Waals surface area (Å²) in [6, 6.07) is 8.42. The second-order valence-electron chi connectivity index (χ2n) is 6.19. The number of aromatic nitrogens is 1. The molecule has 1 aromatic carbocycles. The summed E-state index contributed by atoms with van der Waals surface area (Å²) in [5.74, 6) is 0.815. The van der Waals surface area contributed by atoms with Crippen LogP contribution < -0.4 is 15.0 Å². The zero-order chi connectivity index (χ0) is 19.0. The lowest BCUT2D eigenvalue weighted by atomic mass is 10.2. The highest BCUT2D eigenvalue weighted by molar-refractivity contribution is 7.89. The van der Waals surface area contributed by atoms with Crippen molar-refractivity contribution in [3.63, 3.8) is 0 Å². The highest BCUT2D eigenvalue weighted by Gasteiger charge is 2.32. The molecule has 0 radical (unpaired) electrons. The predicted octanol–water partition coefficient (Wildman–Crippen LogP) is 1.58. The molecule has 8 nitrogen and oxygen atoms in total. The van der Waals surface area contributed by atoms with Gasteiger partial charge in [-0.3, -0.25) is 4.79 Å². The van der Waals surface area contributed by atoms with Crippen LogP contribution in [0.15, 0.2) is 41.4 Å². The first-order valence-electron chi connectivity index (χ1n) is 8.37. The fourth-order valence-electron chi connectivity index (χ4n) is 3.12. The van der Waals surface area contributed by atoms with Crippen LogP contribution in [0.3, 0.4) is 0 Å². The average Bonchev–Trinajstić information content (AvgIpc) is 2.68. The molecule has 0 unspecified atom stereocenters. The van der Waals surface area contributed by atoms with Crippen LogP contribution in [0.25, 0.3) is 0 Å². The van der Waals surface area contributed by atoms with Crippen molar-refractivity contribution in [1.82, 2.24) is 9.29 Å². The van der Waals surface area contributed by atoms with Gasteiger partial charge in [-0.2, -0.15) is 4.31 Å². The fraction of sp³-hybridized carbons (Fsp3) is 0.294. The SMILES string of the molecule is O=C1COc2cc(S(=O)(=O)N3CCN(c4ccccn4)CC3)c(Cl)cc2N1. The summed E-state index contributed by atoms with van der Waals surface area (Å²) >= 11 is 6.20. The zero-order valence-electron chi connectivity index (χ0n) is 14.3. The fourth-order valence-corrected chi connectivity index (χ4v) is 5.06. The summed E-state index contributed by atoms with van der Waals surface area (Å²) < 4.78 is 32.9. The molecule has 10 heteroatoms. The number of nitrogens with zero attached hydrogens (tertiary/aromatic N) is 3. The first-order valence-corrected chi connectivity index (χ1v) is 10.2. The standard InChI is InChI=1S/C17H17ClN4O4S/c18-12-9-13-14(26-11-17(23)20-13)10-15(12)27(24,25)22-7-5-21(6-8-22)16-3-1-2-4-19-16/h1-4,9-10H,5-8,11H2,(H,20,23). The lowest BCUT2D eigenvalue weighted by molar-refractivity contribution is -0.118. The molecule has 3 heterocycles. The van der Waals surface area contributed by atoms with E-state index >= 15 is 0 Å². The Morgan fingerprint density at radius 1 is 1.15 bits per heavy atom. The minimum Gasteiger partial charge on any atom is -0.482 e. The predicted molar refractivity (Wildman–Crippen MR) is 101 cm³/mol. The minimum atomic E-state index is -3.78. The van der Waals surface area contributed by atoms with Crippen molar-refractivity contribution >= 4 is 39.0 Å². The normalized spacial score (nSPS) is 17.8. The summed E-state index contributed by atoms with van der Waals surface area (Å²) in [6.07, 6.45) is 1.71. The third kappa shape index (κ3) is 3.45. The van der Waals surface area contributed by atoms with E-state index in [9.17, 15) is 13.2 Å². The molecule has 2 aliphatic rings. The lowest BCUT2D eigenvalue weighted by Crippen LogP contribution is -2.49. The van der Waals surface area contributed by atoms with Gasteiger partial charge in [0.25, 0.3) is 5.91 Å². The second-order valence-corrected chi connectivity index (χ2v) is 8.51. The molecular formula is C17H17ClN4O4S. The van der Waals surface area contributed by atoms with E-state index in [2.05, 4.69) is 10.3 Å². The number of hydrogen-bond acceptors (Lipinski definition) is 6. The number of ether oxygens (including phenoxy) is 1. The molecule has 1 saturated heterocycles. The van der Waals surface area contributed by atoms with Gasteiger partial charge in [0.1, 0.15) is 16.5 Å². The molecule has 0 saturated carbocycles. The maximum Gasteiger partial charge on any atom is 0.262 e. The van der Waals surface area contributed by atoms with Crippen LogP contribution in [0.4, 0.5) is 11.5 Å². The molecule has 0 atom stereocenters. The van der Waals surface area contributed by atoms with Crippen molar-refractivity contribution in [1.29, 1.82) is 0 Å². The van der Waals surface area contributed by atoms with Crippen molar-refractivity contribution in [2.24, 2.45) is 0 Å². The van der Waals surface area contributed by atoms with Gasteiger partial charge < -0.3 is 15.0 Å². The first-order chi connectivity index (χ1) is 12.9. The van der Waals surface area contributed by atoms with Gasteiger partial charge in [-0.1, -0.05) is 17.7 Å². The Bertz CT molecular complexity index is 976. The number of nitrogens with one attached hydrogen (secondary N) is 1. The third-order valence-electron chi connectivity index (χ3n) is 4.50. The van der Waals surface area contributed by atoms with Gasteiger partial charge in [-0.15, -0.1) is 0 Å². The molecular weight excluding hydrogens is 392 g/mol. The van der Waals surface area contributed by atoms with Gasteiger partial charge in [0, 0.05) is 38.4 Å². The molecule has 1 N–H and O–H groups in total. The third-order valence-corrected chi connectivity index (χ3v) is 6.86. The number of benzene rings is 1. The number of hydrogen-bond donors (Lipinski definition) is 1. The van der Waals surface area contributed by atoms with Gasteiger partial charge in [-0.05, 0) is 18.2 Å². The molecule has 0 aliphatic carbocycles. The average molecular weight is 409 g/mol. The minimum absolute atomic E-state index is 0.0228. The number of anilines is 2. The molecule has 0 spiro atoms. The van der Waals surface area contributed by atoms with Crippen LogP contribution in [0.1, 0.15) is 0 Å². The van der Waals surface area contributed by atoms with Gasteiger partial charge in [0.05, 0.1) is 10.7 Å². The number of rotatable bonds is 3. The van der Waals surface area contributed by atoms with Crippen LogP contribution in [0, 0.1) is 0 Å². The maximum atomic E-state index is 13.1. The van der Waals surface area contributed by atoms with Crippen LogP contribution in [-0.2, 0) is 14.8 Å². The summed E-state index contributed by atoms with van der Waals surface area (Å²) in [5, 5.41) is 2.66. The molecule has 0 bridgehead atoms. The molecule has 2 aliphatic heterocycles. The topological polar surface area (TPSA) is 91.8 Å². The number of sulfonamides is 1. The summed E-state index contributed by atoms with van der Waals surface area (Å²) in [7, 11) is -3.78. The summed E-state index contributed by atoms with van der Waals surface area (Å²) in [4.78, 5) is 17.7. The maximum absolute atomic E-state index is 13.1. The van der Waals surface area contributed by atoms with Gasteiger partial charge >= 0.3 is 0 Å². The number of carbonyl (C=O) groups excluding carboxylic acids is 1. The van der Waals surface area contributed by atoms with Crippen LogP contribution in [-0.4, -0.2) is 56.4 Å². The Labute approximate surface area is 161 Å². The lowest BCUT2D eigenvalue weighted by Gasteiger charge is -2.34. The number of piperazine rings is 1. The molecule has 2 aromatic rings. The molecule has 1 fully saturated rings. The van der Waals surface area contributed by atoms with Crippen molar-refractivity contribution in [3.8, 4) is 5.75 Å². The number of fused-ring (bicyclic) bond motifs is 1. The number of pyridine rings is 1. The summed E-state index contributed by atoms with van der Waals surface area (Å²) in [6.45, 7) is 1.56. The van der Waals surface area contributed by atoms with Crippen LogP contribution >= 0.6 is 11.6 Å². The Hall–Kier alpha value is -2.36. The van der Waals surface area contributed by atoms with E-state index in [1.807, 2.05) is 23.1 Å². The van der Waals surface area contributed by atoms with E-state index in [0.717, 1.165) is 5.82 Å². The van der Waals surface area contributed by atoms with Crippen LogP contribution in [0.5, 0.6) is 5.75 Å². The monoisotopic (exact) mass is 408 g/mol. The Morgan fingerprint density at radius 2 is 1.93 bits per heavy atom. The highest BCUT2D eigenvalue weighted by Crippen LogP contribution is 2.37. The van der Waals surface area contributed by atoms with E-state index in [-0.39, 0.29) is 22.4 Å². The first kappa shape index (κ1) is 18.0. The van der Waals surface area contributed by atoms with Crippen molar-refractivity contribution in [2.75, 3.05) is 43.0 Å². The Morgan fingerprint density at radius 3 is 2.63 bits per heavy atom. The molecule has 4 rings (SSSR count). The van der Waals surface area contributed by atoms with Gasteiger partial charge in [0.15, 0.2) is 6.61 Å². The Balaban J connectivity index is 1.55. The summed E-state index contributed by atoms with van der Waals surface area (Å²) in [5.41, 5.74) is 0.371. The molecule has 27 heavy (non-hydrogen) atoms. The number of halogens is 1. The highest BCUT2D eigenvalue weighted by atomic mass is 35.5. The van der Waals surface area contributed by atoms with E-state index in [4.69, 9.17) is 16.3 Å². The van der Waals surface area contributed by atoms with Gasteiger partial charge in [-0.25, -0.2) is 13.4 Å². The molecule has 1 amide bonds. The van der Waals surface area contributed by atoms with Crippen molar-refractivity contribution in [2.45, 2.75) is 4.90 Å². The zero-order valence-corrected chi connectivity index (χ0v) is 15.8. The largest absolute Gasteiger partial charge is 0.482 e. The van der Waals surface area contributed by atoms with E-state index in [0.29, 0.717) is 37.6 Å². The van der Waals surface area contributed by atoms with Crippen LogP contribution in [0.2, 0.25) is 5.02 Å². The van der Waals surface area contributed by atoms with E-state index in [1.54, 1.807) is 6.20 Å². The number of carbonyl (C=O) groups is 1. The van der Waals surface area contributed by atoms with E-state index in [1.165, 1.54) is 16.4 Å². The second kappa shape index (κ2) is 6.99. The molecule has 1 aromatic heterocycles.